The molecule has 0 unspecified atom stereocenters. The fraction of sp³-hybridized carbons (Fsp3) is 0.138. The quantitative estimate of drug-likeness (QED) is 0.296. The van der Waals surface area contributed by atoms with Gasteiger partial charge in [-0.15, -0.1) is 0 Å². The molecule has 36 heavy (non-hydrogen) atoms. The van der Waals surface area contributed by atoms with Gasteiger partial charge in [-0.25, -0.2) is 4.98 Å². The van der Waals surface area contributed by atoms with Gasteiger partial charge in [-0.1, -0.05) is 48.5 Å². The summed E-state index contributed by atoms with van der Waals surface area (Å²) < 4.78 is 11.4. The Morgan fingerprint density at radius 1 is 1.00 bits per heavy atom. The van der Waals surface area contributed by atoms with E-state index in [1.54, 1.807) is 24.3 Å². The zero-order valence-electron chi connectivity index (χ0n) is 19.6. The first-order valence-corrected chi connectivity index (χ1v) is 11.7. The van der Waals surface area contributed by atoms with Gasteiger partial charge in [0.1, 0.15) is 23.2 Å². The van der Waals surface area contributed by atoms with Crippen LogP contribution < -0.4 is 15.0 Å². The summed E-state index contributed by atoms with van der Waals surface area (Å²) in [5.74, 6) is 1.33. The standard InChI is InChI=1S/C29H24N4O3/c30-20-23(29(34)32-26-12-6-7-13-27(26)36-24-9-2-1-3-10-24)19-22-18-21-8-4-5-11-25(21)31-28(22)33-14-16-35-17-15-33/h1-13,18-19H,14-17H2,(H,32,34)/b23-19+. The minimum absolute atomic E-state index is 0.0314. The molecule has 0 atom stereocenters. The Morgan fingerprint density at radius 3 is 2.53 bits per heavy atom. The lowest BCUT2D eigenvalue weighted by Gasteiger charge is -2.29. The molecular formula is C29H24N4O3. The number of morpholine rings is 1. The van der Waals surface area contributed by atoms with Crippen LogP contribution in [0.15, 0.2) is 90.5 Å². The van der Waals surface area contributed by atoms with Crippen LogP contribution in [-0.4, -0.2) is 37.2 Å². The highest BCUT2D eigenvalue weighted by molar-refractivity contribution is 6.10. The number of para-hydroxylation sites is 4. The SMILES string of the molecule is N#C/C(=C\c1cc2ccccc2nc1N1CCOCC1)C(=O)Nc1ccccc1Oc1ccccc1. The molecule has 0 aliphatic carbocycles. The van der Waals surface area contributed by atoms with Gasteiger partial charge in [0.25, 0.3) is 5.91 Å². The van der Waals surface area contributed by atoms with Gasteiger partial charge in [-0.3, -0.25) is 4.79 Å². The van der Waals surface area contributed by atoms with Crippen LogP contribution in [0.25, 0.3) is 17.0 Å². The van der Waals surface area contributed by atoms with Crippen molar-refractivity contribution >= 4 is 34.4 Å². The van der Waals surface area contributed by atoms with Crippen molar-refractivity contribution in [2.24, 2.45) is 0 Å². The molecule has 0 spiro atoms. The van der Waals surface area contributed by atoms with Gasteiger partial charge in [0.2, 0.25) is 0 Å². The Balaban J connectivity index is 1.47. The van der Waals surface area contributed by atoms with Gasteiger partial charge < -0.3 is 19.7 Å². The molecule has 1 aromatic heterocycles. The van der Waals surface area contributed by atoms with Gasteiger partial charge in [-0.05, 0) is 42.5 Å². The summed E-state index contributed by atoms with van der Waals surface area (Å²) in [6.07, 6.45) is 1.60. The van der Waals surface area contributed by atoms with Crippen LogP contribution in [-0.2, 0) is 9.53 Å². The second kappa shape index (κ2) is 10.7. The van der Waals surface area contributed by atoms with E-state index in [2.05, 4.69) is 16.3 Å². The fourth-order valence-corrected chi connectivity index (χ4v) is 4.02. The second-order valence-corrected chi connectivity index (χ2v) is 8.23. The summed E-state index contributed by atoms with van der Waals surface area (Å²) >= 11 is 0. The van der Waals surface area contributed by atoms with E-state index in [0.717, 1.165) is 16.7 Å². The number of aromatic nitrogens is 1. The van der Waals surface area contributed by atoms with Gasteiger partial charge >= 0.3 is 0 Å². The summed E-state index contributed by atoms with van der Waals surface area (Å²) in [6.45, 7) is 2.57. The molecular weight excluding hydrogens is 452 g/mol. The van der Waals surface area contributed by atoms with Crippen LogP contribution in [0.3, 0.4) is 0 Å². The third-order valence-corrected chi connectivity index (χ3v) is 5.81. The largest absolute Gasteiger partial charge is 0.455 e. The third kappa shape index (κ3) is 5.19. The zero-order chi connectivity index (χ0) is 24.7. The molecule has 2 heterocycles. The lowest BCUT2D eigenvalue weighted by atomic mass is 10.1. The van der Waals surface area contributed by atoms with Crippen molar-refractivity contribution in [3.63, 3.8) is 0 Å². The van der Waals surface area contributed by atoms with Crippen molar-refractivity contribution in [3.8, 4) is 17.6 Å². The van der Waals surface area contributed by atoms with Crippen LogP contribution >= 0.6 is 0 Å². The number of ether oxygens (including phenoxy) is 2. The molecule has 1 saturated heterocycles. The summed E-state index contributed by atoms with van der Waals surface area (Å²) in [6, 6.07) is 28.2. The number of nitriles is 1. The highest BCUT2D eigenvalue weighted by atomic mass is 16.5. The van der Waals surface area contributed by atoms with Crippen molar-refractivity contribution in [3.05, 3.63) is 96.1 Å². The van der Waals surface area contributed by atoms with E-state index >= 15 is 0 Å². The number of rotatable bonds is 6. The monoisotopic (exact) mass is 476 g/mol. The first-order chi connectivity index (χ1) is 17.7. The third-order valence-electron chi connectivity index (χ3n) is 5.81. The van der Waals surface area contributed by atoms with E-state index in [9.17, 15) is 10.1 Å². The van der Waals surface area contributed by atoms with Crippen LogP contribution in [0.5, 0.6) is 11.5 Å². The molecule has 7 heteroatoms. The molecule has 0 saturated carbocycles. The Labute approximate surface area is 209 Å². The van der Waals surface area contributed by atoms with Crippen LogP contribution in [0.1, 0.15) is 5.56 Å². The maximum Gasteiger partial charge on any atom is 0.266 e. The molecule has 1 N–H and O–H groups in total. The highest BCUT2D eigenvalue weighted by Crippen LogP contribution is 2.30. The van der Waals surface area contributed by atoms with Gasteiger partial charge in [0.15, 0.2) is 5.75 Å². The molecule has 1 amide bonds. The smallest absolute Gasteiger partial charge is 0.266 e. The van der Waals surface area contributed by atoms with E-state index in [-0.39, 0.29) is 5.57 Å². The number of nitrogens with one attached hydrogen (secondary N) is 1. The maximum absolute atomic E-state index is 13.2. The van der Waals surface area contributed by atoms with E-state index in [1.165, 1.54) is 0 Å². The number of pyridine rings is 1. The molecule has 4 aromatic rings. The minimum Gasteiger partial charge on any atom is -0.455 e. The topological polar surface area (TPSA) is 87.5 Å². The second-order valence-electron chi connectivity index (χ2n) is 8.23. The molecule has 1 fully saturated rings. The van der Waals surface area contributed by atoms with Gasteiger partial charge in [-0.2, -0.15) is 5.26 Å². The van der Waals surface area contributed by atoms with Crippen molar-refractivity contribution in [2.75, 3.05) is 36.5 Å². The predicted octanol–water partition coefficient (Wildman–Crippen LogP) is 5.41. The van der Waals surface area contributed by atoms with Crippen molar-refractivity contribution < 1.29 is 14.3 Å². The number of fused-ring (bicyclic) bond motifs is 1. The molecule has 3 aromatic carbocycles. The number of hydrogen-bond acceptors (Lipinski definition) is 6. The van der Waals surface area contributed by atoms with Crippen molar-refractivity contribution in [2.45, 2.75) is 0 Å². The molecule has 0 radical (unpaired) electrons. The predicted molar refractivity (Wildman–Crippen MR) is 140 cm³/mol. The summed E-state index contributed by atoms with van der Waals surface area (Å²) in [5.41, 5.74) is 2.00. The molecule has 1 aliphatic heterocycles. The van der Waals surface area contributed by atoms with Gasteiger partial charge in [0.05, 0.1) is 24.4 Å². The van der Waals surface area contributed by atoms with Gasteiger partial charge in [0, 0.05) is 24.0 Å². The number of carbonyl (C=O) groups is 1. The van der Waals surface area contributed by atoms with E-state index in [1.807, 2.05) is 66.7 Å². The van der Waals surface area contributed by atoms with E-state index in [4.69, 9.17) is 14.5 Å². The maximum atomic E-state index is 13.2. The van der Waals surface area contributed by atoms with E-state index in [0.29, 0.717) is 49.1 Å². The lowest BCUT2D eigenvalue weighted by Crippen LogP contribution is -2.37. The number of amides is 1. The fourth-order valence-electron chi connectivity index (χ4n) is 4.02. The van der Waals surface area contributed by atoms with Crippen LogP contribution in [0, 0.1) is 11.3 Å². The van der Waals surface area contributed by atoms with Crippen molar-refractivity contribution in [1.82, 2.24) is 4.98 Å². The first-order valence-electron chi connectivity index (χ1n) is 11.7. The Kier molecular flexibility index (Phi) is 6.88. The number of hydrogen-bond donors (Lipinski definition) is 1. The molecule has 1 aliphatic rings. The first kappa shape index (κ1) is 23.1. The minimum atomic E-state index is -0.525. The van der Waals surface area contributed by atoms with Crippen molar-refractivity contribution in [1.29, 1.82) is 5.26 Å². The number of carbonyl (C=O) groups excluding carboxylic acids is 1. The van der Waals surface area contributed by atoms with E-state index < -0.39 is 5.91 Å². The van der Waals surface area contributed by atoms with Crippen LogP contribution in [0.2, 0.25) is 0 Å². The number of anilines is 2. The highest BCUT2D eigenvalue weighted by Gasteiger charge is 2.19. The summed E-state index contributed by atoms with van der Waals surface area (Å²) in [7, 11) is 0. The normalized spacial score (nSPS) is 13.8. The Hall–Kier alpha value is -4.67. The average molecular weight is 477 g/mol. The lowest BCUT2D eigenvalue weighted by molar-refractivity contribution is -0.112. The number of benzene rings is 3. The molecule has 5 rings (SSSR count). The Bertz CT molecular complexity index is 1450. The average Bonchev–Trinajstić information content (AvgIpc) is 2.93. The Morgan fingerprint density at radius 2 is 1.72 bits per heavy atom. The summed E-state index contributed by atoms with van der Waals surface area (Å²) in [4.78, 5) is 20.2. The zero-order valence-corrected chi connectivity index (χ0v) is 19.6. The molecule has 7 nitrogen and oxygen atoms in total. The van der Waals surface area contributed by atoms with Crippen LogP contribution in [0.4, 0.5) is 11.5 Å². The summed E-state index contributed by atoms with van der Waals surface area (Å²) in [5, 5.41) is 13.7. The molecule has 0 bridgehead atoms. The number of nitrogens with zero attached hydrogens (tertiary/aromatic N) is 3. The molecule has 178 valence electrons.